The zero-order valence-electron chi connectivity index (χ0n) is 10.5. The molecule has 0 bridgehead atoms. The average Bonchev–Trinajstić information content (AvgIpc) is 2.85. The molecule has 3 aromatic rings. The summed E-state index contributed by atoms with van der Waals surface area (Å²) in [5.41, 5.74) is 1.74. The van der Waals surface area contributed by atoms with E-state index in [0.29, 0.717) is 22.7 Å². The molecule has 0 aliphatic carbocycles. The maximum atomic E-state index is 13.9. The molecule has 2 aromatic carbocycles. The van der Waals surface area contributed by atoms with Crippen LogP contribution in [0.2, 0.25) is 5.02 Å². The molecule has 0 fully saturated rings. The highest BCUT2D eigenvalue weighted by Crippen LogP contribution is 2.25. The second-order valence-electron chi connectivity index (χ2n) is 4.54. The van der Waals surface area contributed by atoms with Crippen molar-refractivity contribution in [2.45, 2.75) is 6.54 Å². The molecule has 0 aliphatic heterocycles. The Bertz CT molecular complexity index is 830. The molecular formula is C16H10ClFN2. The van der Waals surface area contributed by atoms with Crippen LogP contribution in [0.4, 0.5) is 4.39 Å². The van der Waals surface area contributed by atoms with Crippen LogP contribution in [0.3, 0.4) is 0 Å². The third-order valence-electron chi connectivity index (χ3n) is 3.26. The zero-order valence-corrected chi connectivity index (χ0v) is 11.2. The van der Waals surface area contributed by atoms with Crippen molar-refractivity contribution in [3.05, 3.63) is 70.6 Å². The van der Waals surface area contributed by atoms with Crippen LogP contribution in [0.5, 0.6) is 0 Å². The number of halogens is 2. The summed E-state index contributed by atoms with van der Waals surface area (Å²) in [7, 11) is 0. The van der Waals surface area contributed by atoms with Gasteiger partial charge in [0.05, 0.1) is 28.7 Å². The molecule has 98 valence electrons. The van der Waals surface area contributed by atoms with Crippen LogP contribution in [-0.2, 0) is 6.54 Å². The Labute approximate surface area is 120 Å². The summed E-state index contributed by atoms with van der Waals surface area (Å²) in [6.45, 7) is 0.380. The molecular weight excluding hydrogens is 275 g/mol. The molecule has 0 spiro atoms. The lowest BCUT2D eigenvalue weighted by molar-refractivity contribution is 0.601. The molecule has 0 atom stereocenters. The lowest BCUT2D eigenvalue weighted by atomic mass is 10.1. The summed E-state index contributed by atoms with van der Waals surface area (Å²) in [6.07, 6.45) is 1.88. The molecule has 3 rings (SSSR count). The molecule has 0 saturated carbocycles. The fourth-order valence-electron chi connectivity index (χ4n) is 2.27. The molecule has 0 radical (unpaired) electrons. The number of fused-ring (bicyclic) bond motifs is 1. The van der Waals surface area contributed by atoms with Crippen LogP contribution in [0.1, 0.15) is 11.1 Å². The van der Waals surface area contributed by atoms with Gasteiger partial charge in [0.2, 0.25) is 0 Å². The van der Waals surface area contributed by atoms with Gasteiger partial charge >= 0.3 is 0 Å². The Balaban J connectivity index is 2.04. The van der Waals surface area contributed by atoms with E-state index in [-0.39, 0.29) is 5.82 Å². The quantitative estimate of drug-likeness (QED) is 0.687. The molecule has 0 aliphatic rings. The number of benzene rings is 2. The molecule has 1 aromatic heterocycles. The van der Waals surface area contributed by atoms with Crippen molar-refractivity contribution in [3.63, 3.8) is 0 Å². The largest absolute Gasteiger partial charge is 0.342 e. The minimum Gasteiger partial charge on any atom is -0.342 e. The van der Waals surface area contributed by atoms with Gasteiger partial charge in [0.1, 0.15) is 5.82 Å². The molecule has 4 heteroatoms. The Morgan fingerprint density at radius 1 is 1.20 bits per heavy atom. The Hall–Kier alpha value is -2.31. The second-order valence-corrected chi connectivity index (χ2v) is 4.95. The number of hydrogen-bond acceptors (Lipinski definition) is 1. The fourth-order valence-corrected chi connectivity index (χ4v) is 2.57. The van der Waals surface area contributed by atoms with Crippen molar-refractivity contribution in [1.29, 1.82) is 5.26 Å². The number of nitriles is 1. The second kappa shape index (κ2) is 4.99. The van der Waals surface area contributed by atoms with Crippen LogP contribution in [-0.4, -0.2) is 4.57 Å². The van der Waals surface area contributed by atoms with E-state index in [9.17, 15) is 4.39 Å². The van der Waals surface area contributed by atoms with Crippen molar-refractivity contribution in [2.75, 3.05) is 0 Å². The summed E-state index contributed by atoms with van der Waals surface area (Å²) in [4.78, 5) is 0. The Morgan fingerprint density at radius 2 is 2.05 bits per heavy atom. The van der Waals surface area contributed by atoms with Crippen molar-refractivity contribution < 1.29 is 4.39 Å². The van der Waals surface area contributed by atoms with E-state index in [1.165, 1.54) is 6.07 Å². The molecule has 2 nitrogen and oxygen atoms in total. The van der Waals surface area contributed by atoms with Gasteiger partial charge < -0.3 is 4.57 Å². The lowest BCUT2D eigenvalue weighted by Crippen LogP contribution is -2.01. The van der Waals surface area contributed by atoms with Crippen LogP contribution in [0.15, 0.2) is 48.7 Å². The van der Waals surface area contributed by atoms with Gasteiger partial charge in [-0.1, -0.05) is 29.8 Å². The smallest absolute Gasteiger partial charge is 0.129 e. The van der Waals surface area contributed by atoms with E-state index >= 15 is 0 Å². The Morgan fingerprint density at radius 3 is 2.80 bits per heavy atom. The van der Waals surface area contributed by atoms with E-state index in [0.717, 1.165) is 10.9 Å². The number of hydrogen-bond donors (Lipinski definition) is 0. The third-order valence-corrected chi connectivity index (χ3v) is 3.57. The molecule has 0 amide bonds. The van der Waals surface area contributed by atoms with Crippen molar-refractivity contribution in [1.82, 2.24) is 4.57 Å². The lowest BCUT2D eigenvalue weighted by Gasteiger charge is -2.08. The summed E-state index contributed by atoms with van der Waals surface area (Å²) in [5.74, 6) is -0.377. The number of aromatic nitrogens is 1. The first-order valence-corrected chi connectivity index (χ1v) is 6.49. The summed E-state index contributed by atoms with van der Waals surface area (Å²) in [5, 5.41) is 10.4. The van der Waals surface area contributed by atoms with Gasteiger partial charge in [0.15, 0.2) is 0 Å². The maximum absolute atomic E-state index is 13.9. The number of nitrogens with zero attached hydrogens (tertiary/aromatic N) is 2. The molecule has 1 heterocycles. The van der Waals surface area contributed by atoms with E-state index in [4.69, 9.17) is 16.9 Å². The SMILES string of the molecule is N#Cc1ccc(Cn2ccc3cccc(Cl)c32)c(F)c1. The van der Waals surface area contributed by atoms with Crippen molar-refractivity contribution in [2.24, 2.45) is 0 Å². The average molecular weight is 285 g/mol. The first-order valence-electron chi connectivity index (χ1n) is 6.11. The predicted molar refractivity (Wildman–Crippen MR) is 77.2 cm³/mol. The van der Waals surface area contributed by atoms with Crippen molar-refractivity contribution in [3.8, 4) is 6.07 Å². The molecule has 20 heavy (non-hydrogen) atoms. The van der Waals surface area contributed by atoms with E-state index in [1.54, 1.807) is 12.1 Å². The predicted octanol–water partition coefficient (Wildman–Crippen LogP) is 4.35. The van der Waals surface area contributed by atoms with Gasteiger partial charge in [-0.15, -0.1) is 0 Å². The maximum Gasteiger partial charge on any atom is 0.129 e. The third kappa shape index (κ3) is 2.15. The molecule has 0 unspecified atom stereocenters. The van der Waals surface area contributed by atoms with Crippen LogP contribution >= 0.6 is 11.6 Å². The van der Waals surface area contributed by atoms with Crippen LogP contribution in [0, 0.1) is 17.1 Å². The summed E-state index contributed by atoms with van der Waals surface area (Å²) < 4.78 is 15.8. The minimum atomic E-state index is -0.377. The van der Waals surface area contributed by atoms with Gasteiger partial charge in [-0.2, -0.15) is 5.26 Å². The molecule has 0 saturated heterocycles. The fraction of sp³-hybridized carbons (Fsp3) is 0.0625. The summed E-state index contributed by atoms with van der Waals surface area (Å²) >= 11 is 6.20. The highest BCUT2D eigenvalue weighted by atomic mass is 35.5. The van der Waals surface area contributed by atoms with Crippen molar-refractivity contribution >= 4 is 22.5 Å². The van der Waals surface area contributed by atoms with Gasteiger partial charge in [0, 0.05) is 17.1 Å². The Kier molecular flexibility index (Phi) is 3.17. The highest BCUT2D eigenvalue weighted by molar-refractivity contribution is 6.35. The molecule has 0 N–H and O–H groups in total. The number of rotatable bonds is 2. The number of para-hydroxylation sites is 1. The normalized spacial score (nSPS) is 10.7. The van der Waals surface area contributed by atoms with Crippen LogP contribution in [0.25, 0.3) is 10.9 Å². The standard InChI is InChI=1S/C16H10ClFN2/c17-14-3-1-2-12-6-7-20(16(12)14)10-13-5-4-11(9-19)8-15(13)18/h1-8H,10H2. The topological polar surface area (TPSA) is 28.7 Å². The van der Waals surface area contributed by atoms with E-state index < -0.39 is 0 Å². The first-order chi connectivity index (χ1) is 9.69. The zero-order chi connectivity index (χ0) is 14.1. The van der Waals surface area contributed by atoms with Gasteiger partial charge in [-0.3, -0.25) is 0 Å². The minimum absolute atomic E-state index is 0.321. The van der Waals surface area contributed by atoms with E-state index in [1.807, 2.05) is 41.1 Å². The summed E-state index contributed by atoms with van der Waals surface area (Å²) in [6, 6.07) is 14.0. The van der Waals surface area contributed by atoms with Gasteiger partial charge in [-0.25, -0.2) is 4.39 Å². The van der Waals surface area contributed by atoms with E-state index in [2.05, 4.69) is 0 Å². The van der Waals surface area contributed by atoms with Crippen LogP contribution < -0.4 is 0 Å². The van der Waals surface area contributed by atoms with Gasteiger partial charge in [-0.05, 0) is 24.3 Å². The first kappa shape index (κ1) is 12.7. The van der Waals surface area contributed by atoms with Gasteiger partial charge in [0.25, 0.3) is 0 Å². The monoisotopic (exact) mass is 284 g/mol. The highest BCUT2D eigenvalue weighted by Gasteiger charge is 2.08.